The average Bonchev–Trinajstić information content (AvgIpc) is 2.86. The number of hydrogen-bond donors (Lipinski definition) is 2. The minimum Gasteiger partial charge on any atom is -0.341 e. The zero-order valence-corrected chi connectivity index (χ0v) is 12.5. The van der Waals surface area contributed by atoms with E-state index < -0.39 is 0 Å². The van der Waals surface area contributed by atoms with Crippen LogP contribution in [-0.4, -0.2) is 9.97 Å². The molecule has 1 aromatic heterocycles. The number of nitrogens with two attached hydrogens (primary N) is 1. The van der Waals surface area contributed by atoms with Crippen LogP contribution in [0.25, 0.3) is 11.3 Å². The van der Waals surface area contributed by atoms with E-state index in [2.05, 4.69) is 39.7 Å². The second-order valence-corrected chi connectivity index (χ2v) is 5.63. The Balaban J connectivity index is 2.30. The summed E-state index contributed by atoms with van der Waals surface area (Å²) in [4.78, 5) is 7.38. The molecule has 2 atom stereocenters. The molecule has 3 nitrogen and oxygen atoms in total. The molecule has 2 rings (SSSR count). The summed E-state index contributed by atoms with van der Waals surface area (Å²) < 4.78 is 14.6. The molecular formula is C14H17BrFN3. The summed E-state index contributed by atoms with van der Waals surface area (Å²) in [6, 6.07) is 4.79. The van der Waals surface area contributed by atoms with Gasteiger partial charge in [0.2, 0.25) is 0 Å². The van der Waals surface area contributed by atoms with Gasteiger partial charge in [-0.25, -0.2) is 9.37 Å². The van der Waals surface area contributed by atoms with Crippen molar-refractivity contribution in [2.24, 2.45) is 11.7 Å². The largest absolute Gasteiger partial charge is 0.341 e. The number of H-pyrrole nitrogens is 1. The topological polar surface area (TPSA) is 54.7 Å². The summed E-state index contributed by atoms with van der Waals surface area (Å²) in [5.74, 6) is 0.738. The number of benzene rings is 1. The van der Waals surface area contributed by atoms with Crippen molar-refractivity contribution in [3.05, 3.63) is 40.5 Å². The van der Waals surface area contributed by atoms with Gasteiger partial charge in [-0.2, -0.15) is 0 Å². The molecule has 5 heteroatoms. The number of imidazole rings is 1. The maximum atomic E-state index is 13.9. The van der Waals surface area contributed by atoms with Crippen molar-refractivity contribution in [3.63, 3.8) is 0 Å². The standard InChI is InChI=1S/C14H17BrFN3/c1-3-8(2)13(17)14-18-7-12(19-14)10-5-4-9(15)6-11(10)16/h4-8,13H,3,17H2,1-2H3,(H,18,19). The van der Waals surface area contributed by atoms with Crippen LogP contribution in [0.2, 0.25) is 0 Å². The number of nitrogens with one attached hydrogen (secondary N) is 1. The van der Waals surface area contributed by atoms with Crippen LogP contribution < -0.4 is 5.73 Å². The van der Waals surface area contributed by atoms with Crippen LogP contribution >= 0.6 is 15.9 Å². The van der Waals surface area contributed by atoms with E-state index in [4.69, 9.17) is 5.73 Å². The van der Waals surface area contributed by atoms with E-state index in [0.717, 1.165) is 6.42 Å². The molecule has 1 aromatic carbocycles. The van der Waals surface area contributed by atoms with Gasteiger partial charge in [-0.15, -0.1) is 0 Å². The number of aromatic nitrogens is 2. The maximum absolute atomic E-state index is 13.9. The molecule has 0 saturated carbocycles. The summed E-state index contributed by atoms with van der Waals surface area (Å²) in [5.41, 5.74) is 7.26. The van der Waals surface area contributed by atoms with Crippen LogP contribution in [0, 0.1) is 11.7 Å². The molecule has 0 aliphatic heterocycles. The van der Waals surface area contributed by atoms with Crippen LogP contribution in [0.1, 0.15) is 32.1 Å². The molecule has 0 radical (unpaired) electrons. The first kappa shape index (κ1) is 14.2. The fourth-order valence-corrected chi connectivity index (χ4v) is 2.21. The second kappa shape index (κ2) is 5.84. The van der Waals surface area contributed by atoms with Crippen LogP contribution in [0.4, 0.5) is 4.39 Å². The molecule has 1 heterocycles. The zero-order chi connectivity index (χ0) is 14.0. The Morgan fingerprint density at radius 3 is 2.84 bits per heavy atom. The van der Waals surface area contributed by atoms with Crippen molar-refractivity contribution in [1.82, 2.24) is 9.97 Å². The second-order valence-electron chi connectivity index (χ2n) is 4.72. The lowest BCUT2D eigenvalue weighted by molar-refractivity contribution is 0.441. The van der Waals surface area contributed by atoms with Crippen molar-refractivity contribution in [2.45, 2.75) is 26.3 Å². The number of aromatic amines is 1. The quantitative estimate of drug-likeness (QED) is 0.891. The van der Waals surface area contributed by atoms with Crippen LogP contribution in [0.15, 0.2) is 28.9 Å². The average molecular weight is 326 g/mol. The van der Waals surface area contributed by atoms with Crippen LogP contribution in [-0.2, 0) is 0 Å². The van der Waals surface area contributed by atoms with Gasteiger partial charge in [0.1, 0.15) is 11.6 Å². The van der Waals surface area contributed by atoms with E-state index in [1.54, 1.807) is 18.3 Å². The Hall–Kier alpha value is -1.20. The van der Waals surface area contributed by atoms with Gasteiger partial charge < -0.3 is 10.7 Å². The summed E-state index contributed by atoms with van der Waals surface area (Å²) in [6.45, 7) is 4.16. The van der Waals surface area contributed by atoms with Crippen molar-refractivity contribution < 1.29 is 4.39 Å². The molecule has 0 spiro atoms. The van der Waals surface area contributed by atoms with Gasteiger partial charge in [-0.1, -0.05) is 36.2 Å². The summed E-state index contributed by atoms with van der Waals surface area (Å²) in [6.07, 6.45) is 2.60. The number of rotatable bonds is 4. The molecular weight excluding hydrogens is 309 g/mol. The molecule has 3 N–H and O–H groups in total. The SMILES string of the molecule is CCC(C)C(N)c1ncc(-c2ccc(Br)cc2F)[nH]1. The lowest BCUT2D eigenvalue weighted by Crippen LogP contribution is -2.19. The highest BCUT2D eigenvalue weighted by atomic mass is 79.9. The third-order valence-corrected chi connectivity index (χ3v) is 3.88. The highest BCUT2D eigenvalue weighted by molar-refractivity contribution is 9.10. The van der Waals surface area contributed by atoms with E-state index in [0.29, 0.717) is 27.5 Å². The van der Waals surface area contributed by atoms with Crippen LogP contribution in [0.5, 0.6) is 0 Å². The van der Waals surface area contributed by atoms with Crippen molar-refractivity contribution in [3.8, 4) is 11.3 Å². The third kappa shape index (κ3) is 3.04. The fourth-order valence-electron chi connectivity index (χ4n) is 1.87. The molecule has 0 aliphatic rings. The van der Waals surface area contributed by atoms with E-state index in [-0.39, 0.29) is 11.9 Å². The Morgan fingerprint density at radius 2 is 2.21 bits per heavy atom. The lowest BCUT2D eigenvalue weighted by atomic mass is 10.00. The summed E-state index contributed by atoms with van der Waals surface area (Å²) >= 11 is 3.24. The Bertz CT molecular complexity index is 568. The molecule has 0 bridgehead atoms. The first-order chi connectivity index (χ1) is 9.02. The Kier molecular flexibility index (Phi) is 4.37. The number of halogens is 2. The minimum atomic E-state index is -0.290. The Morgan fingerprint density at radius 1 is 1.47 bits per heavy atom. The van der Waals surface area contributed by atoms with Gasteiger partial charge in [-0.3, -0.25) is 0 Å². The van der Waals surface area contributed by atoms with E-state index in [1.165, 1.54) is 6.07 Å². The van der Waals surface area contributed by atoms with Gasteiger partial charge >= 0.3 is 0 Å². The summed E-state index contributed by atoms with van der Waals surface area (Å²) in [5, 5.41) is 0. The lowest BCUT2D eigenvalue weighted by Gasteiger charge is -2.15. The summed E-state index contributed by atoms with van der Waals surface area (Å²) in [7, 11) is 0. The first-order valence-electron chi connectivity index (χ1n) is 6.28. The molecule has 0 aliphatic carbocycles. The maximum Gasteiger partial charge on any atom is 0.133 e. The zero-order valence-electron chi connectivity index (χ0n) is 11.0. The predicted molar refractivity (Wildman–Crippen MR) is 78.1 cm³/mol. The molecule has 19 heavy (non-hydrogen) atoms. The van der Waals surface area contributed by atoms with Gasteiger partial charge in [0.05, 0.1) is 17.9 Å². The minimum absolute atomic E-state index is 0.155. The van der Waals surface area contributed by atoms with Gasteiger partial charge in [0, 0.05) is 10.0 Å². The van der Waals surface area contributed by atoms with E-state index in [9.17, 15) is 4.39 Å². The van der Waals surface area contributed by atoms with Gasteiger partial charge in [-0.05, 0) is 24.1 Å². The fraction of sp³-hybridized carbons (Fsp3) is 0.357. The molecule has 2 unspecified atom stereocenters. The number of nitrogens with zero attached hydrogens (tertiary/aromatic N) is 1. The highest BCUT2D eigenvalue weighted by Crippen LogP contribution is 2.26. The highest BCUT2D eigenvalue weighted by Gasteiger charge is 2.17. The van der Waals surface area contributed by atoms with Crippen LogP contribution in [0.3, 0.4) is 0 Å². The number of hydrogen-bond acceptors (Lipinski definition) is 2. The van der Waals surface area contributed by atoms with Gasteiger partial charge in [0.15, 0.2) is 0 Å². The molecule has 0 amide bonds. The Labute approximate surface area is 120 Å². The molecule has 2 aromatic rings. The third-order valence-electron chi connectivity index (χ3n) is 3.39. The van der Waals surface area contributed by atoms with Crippen molar-refractivity contribution in [2.75, 3.05) is 0 Å². The molecule has 0 fully saturated rings. The van der Waals surface area contributed by atoms with Gasteiger partial charge in [0.25, 0.3) is 0 Å². The van der Waals surface area contributed by atoms with E-state index in [1.807, 2.05) is 0 Å². The molecule has 0 saturated heterocycles. The normalized spacial score (nSPS) is 14.4. The van der Waals surface area contributed by atoms with Crippen molar-refractivity contribution in [1.29, 1.82) is 0 Å². The predicted octanol–water partition coefficient (Wildman–Crippen LogP) is 4.02. The van der Waals surface area contributed by atoms with Crippen molar-refractivity contribution >= 4 is 15.9 Å². The van der Waals surface area contributed by atoms with E-state index >= 15 is 0 Å². The first-order valence-corrected chi connectivity index (χ1v) is 7.08. The molecule has 102 valence electrons. The smallest absolute Gasteiger partial charge is 0.133 e. The monoisotopic (exact) mass is 325 g/mol.